The van der Waals surface area contributed by atoms with Gasteiger partial charge >= 0.3 is 0 Å². The van der Waals surface area contributed by atoms with Crippen LogP contribution in [0.5, 0.6) is 5.75 Å². The van der Waals surface area contributed by atoms with Crippen molar-refractivity contribution < 1.29 is 14.6 Å². The van der Waals surface area contributed by atoms with Gasteiger partial charge < -0.3 is 19.7 Å². The number of carbonyl (C=O) groups excluding carboxylic acids is 1. The number of benzene rings is 2. The highest BCUT2D eigenvalue weighted by Gasteiger charge is 2.27. The molecule has 2 N–H and O–H groups in total. The zero-order chi connectivity index (χ0) is 23.0. The van der Waals surface area contributed by atoms with Crippen molar-refractivity contribution >= 4 is 22.5 Å². The normalized spacial score (nSPS) is 18.4. The van der Waals surface area contributed by atoms with Crippen molar-refractivity contribution in [3.63, 3.8) is 0 Å². The predicted octanol–water partition coefficient (Wildman–Crippen LogP) is 4.57. The number of rotatable bonds is 7. The molecule has 6 nitrogen and oxygen atoms in total. The summed E-state index contributed by atoms with van der Waals surface area (Å²) in [4.78, 5) is 15.1. The second kappa shape index (κ2) is 8.84. The molecule has 2 aromatic carbocycles. The van der Waals surface area contributed by atoms with E-state index in [1.807, 2.05) is 43.3 Å². The number of nitrogens with one attached hydrogen (secondary N) is 1. The lowest BCUT2D eigenvalue weighted by atomic mass is 9.94. The fraction of sp³-hybridized carbons (Fsp3) is 0.444. The highest BCUT2D eigenvalue weighted by atomic mass is 16.5. The number of hydrogen-bond donors (Lipinski definition) is 2. The molecule has 2 aliphatic rings. The number of hydrogen-bond acceptors (Lipinski definition) is 4. The summed E-state index contributed by atoms with van der Waals surface area (Å²) in [6.07, 6.45) is 4.13. The molecule has 0 spiro atoms. The van der Waals surface area contributed by atoms with Gasteiger partial charge in [0.05, 0.1) is 12.2 Å². The number of aromatic nitrogens is 1. The minimum atomic E-state index is -0.535. The molecule has 5 rings (SSSR count). The summed E-state index contributed by atoms with van der Waals surface area (Å²) < 4.78 is 7.98. The van der Waals surface area contributed by atoms with Crippen molar-refractivity contribution in [3.8, 4) is 5.75 Å². The van der Waals surface area contributed by atoms with Crippen molar-refractivity contribution in [3.05, 3.63) is 59.8 Å². The largest absolute Gasteiger partial charge is 0.493 e. The van der Waals surface area contributed by atoms with Crippen LogP contribution in [0.25, 0.3) is 10.9 Å². The van der Waals surface area contributed by atoms with Gasteiger partial charge in [0.1, 0.15) is 5.75 Å². The number of nitrogens with zero attached hydrogens (tertiary/aromatic N) is 2. The Labute approximate surface area is 195 Å². The molecule has 3 aromatic rings. The molecule has 0 unspecified atom stereocenters. The van der Waals surface area contributed by atoms with Gasteiger partial charge in [-0.15, -0.1) is 0 Å². The van der Waals surface area contributed by atoms with Crippen LogP contribution in [-0.4, -0.2) is 45.8 Å². The number of fused-ring (bicyclic) bond motifs is 1. The highest BCUT2D eigenvalue weighted by molar-refractivity contribution is 6.05. The van der Waals surface area contributed by atoms with E-state index in [1.165, 1.54) is 18.5 Å². The molecule has 2 heterocycles. The van der Waals surface area contributed by atoms with E-state index in [4.69, 9.17) is 4.74 Å². The summed E-state index contributed by atoms with van der Waals surface area (Å²) >= 11 is 0. The van der Waals surface area contributed by atoms with Crippen LogP contribution in [0.1, 0.15) is 48.7 Å². The van der Waals surface area contributed by atoms with Gasteiger partial charge in [-0.1, -0.05) is 0 Å². The lowest BCUT2D eigenvalue weighted by Gasteiger charge is -2.35. The molecule has 0 bridgehead atoms. The van der Waals surface area contributed by atoms with Gasteiger partial charge in [0.15, 0.2) is 0 Å². The Kier molecular flexibility index (Phi) is 5.89. The molecule has 1 aliphatic heterocycles. The first-order chi connectivity index (χ1) is 15.9. The molecule has 33 heavy (non-hydrogen) atoms. The van der Waals surface area contributed by atoms with Crippen LogP contribution in [0.3, 0.4) is 0 Å². The monoisotopic (exact) mass is 447 g/mol. The molecule has 1 aromatic heterocycles. The summed E-state index contributed by atoms with van der Waals surface area (Å²) in [5.41, 5.74) is 3.24. The van der Waals surface area contributed by atoms with Crippen LogP contribution >= 0.6 is 0 Å². The molecule has 1 amide bonds. The average molecular weight is 448 g/mol. The van der Waals surface area contributed by atoms with Crippen LogP contribution in [0.15, 0.2) is 48.5 Å². The van der Waals surface area contributed by atoms with E-state index in [9.17, 15) is 9.90 Å². The third-order valence-electron chi connectivity index (χ3n) is 7.02. The van der Waals surface area contributed by atoms with Gasteiger partial charge in [-0.3, -0.25) is 9.69 Å². The van der Waals surface area contributed by atoms with E-state index in [2.05, 4.69) is 34.0 Å². The number of ether oxygens (including phenoxy) is 1. The Bertz CT molecular complexity index is 1140. The number of piperidine rings is 1. The minimum Gasteiger partial charge on any atom is -0.493 e. The second-order valence-corrected chi connectivity index (χ2v) is 9.97. The summed E-state index contributed by atoms with van der Waals surface area (Å²) in [6.45, 7) is 5.36. The van der Waals surface area contributed by atoms with Crippen LogP contribution in [0.2, 0.25) is 0 Å². The van der Waals surface area contributed by atoms with Crippen molar-refractivity contribution in [1.29, 1.82) is 0 Å². The van der Waals surface area contributed by atoms with Crippen molar-refractivity contribution in [2.75, 3.05) is 25.0 Å². The van der Waals surface area contributed by atoms with E-state index < -0.39 is 5.60 Å². The van der Waals surface area contributed by atoms with Gasteiger partial charge in [0.25, 0.3) is 5.91 Å². The first-order valence-corrected chi connectivity index (χ1v) is 11.9. The summed E-state index contributed by atoms with van der Waals surface area (Å²) in [6, 6.07) is 15.6. The minimum absolute atomic E-state index is 0.125. The van der Waals surface area contributed by atoms with Crippen LogP contribution in [-0.2, 0) is 13.6 Å². The lowest BCUT2D eigenvalue weighted by molar-refractivity contribution is -0.00771. The van der Waals surface area contributed by atoms with E-state index in [0.717, 1.165) is 61.4 Å². The third-order valence-corrected chi connectivity index (χ3v) is 7.02. The summed E-state index contributed by atoms with van der Waals surface area (Å²) in [7, 11) is 2.09. The maximum absolute atomic E-state index is 12.7. The van der Waals surface area contributed by atoms with Gasteiger partial charge in [-0.25, -0.2) is 0 Å². The summed E-state index contributed by atoms with van der Waals surface area (Å²) in [5.74, 6) is 1.39. The molecular formula is C27H33N3O3. The topological polar surface area (TPSA) is 66.7 Å². The third kappa shape index (κ3) is 5.23. The van der Waals surface area contributed by atoms with E-state index in [0.29, 0.717) is 11.5 Å². The Morgan fingerprint density at radius 2 is 1.85 bits per heavy atom. The van der Waals surface area contributed by atoms with Crippen molar-refractivity contribution in [2.24, 2.45) is 13.0 Å². The fourth-order valence-electron chi connectivity index (χ4n) is 4.46. The zero-order valence-electron chi connectivity index (χ0n) is 19.5. The van der Waals surface area contributed by atoms with Crippen LogP contribution < -0.4 is 10.1 Å². The molecule has 2 fully saturated rings. The first-order valence-electron chi connectivity index (χ1n) is 11.9. The molecule has 6 heteroatoms. The fourth-order valence-corrected chi connectivity index (χ4v) is 4.46. The van der Waals surface area contributed by atoms with Gasteiger partial charge in [0.2, 0.25) is 0 Å². The number of aryl methyl sites for hydroxylation is 1. The first kappa shape index (κ1) is 22.0. The molecule has 0 atom stereocenters. The van der Waals surface area contributed by atoms with Crippen LogP contribution in [0.4, 0.5) is 5.69 Å². The van der Waals surface area contributed by atoms with Gasteiger partial charge in [0, 0.05) is 54.5 Å². The molecule has 1 saturated heterocycles. The molecule has 1 saturated carbocycles. The summed E-state index contributed by atoms with van der Waals surface area (Å²) in [5, 5.41) is 14.3. The van der Waals surface area contributed by atoms with Gasteiger partial charge in [-0.05, 0) is 87.1 Å². The SMILES string of the molecule is Cn1c(CN2CCC(C)(O)CC2)cc2cc(NC(=O)c3ccc(OCC4CC4)cc3)ccc21. The number of aliphatic hydroxyl groups is 1. The van der Waals surface area contributed by atoms with Gasteiger partial charge in [-0.2, -0.15) is 0 Å². The number of carbonyl (C=O) groups is 1. The molecule has 174 valence electrons. The smallest absolute Gasteiger partial charge is 0.255 e. The zero-order valence-corrected chi connectivity index (χ0v) is 19.5. The Morgan fingerprint density at radius 3 is 2.55 bits per heavy atom. The van der Waals surface area contributed by atoms with E-state index in [-0.39, 0.29) is 5.91 Å². The quantitative estimate of drug-likeness (QED) is 0.557. The maximum atomic E-state index is 12.7. The maximum Gasteiger partial charge on any atom is 0.255 e. The highest BCUT2D eigenvalue weighted by Crippen LogP contribution is 2.30. The van der Waals surface area contributed by atoms with Crippen molar-refractivity contribution in [1.82, 2.24) is 9.47 Å². The van der Waals surface area contributed by atoms with Crippen LogP contribution in [0, 0.1) is 5.92 Å². The second-order valence-electron chi connectivity index (χ2n) is 9.97. The van der Waals surface area contributed by atoms with E-state index >= 15 is 0 Å². The number of likely N-dealkylation sites (tertiary alicyclic amines) is 1. The Balaban J connectivity index is 1.24. The van der Waals surface area contributed by atoms with E-state index in [1.54, 1.807) is 0 Å². The standard InChI is InChI=1S/C27H33N3O3/c1-27(32)11-13-30(14-12-27)17-23-16-21-15-22(7-10-25(21)29(23)2)28-26(31)20-5-8-24(9-6-20)33-18-19-3-4-19/h5-10,15-16,19,32H,3-4,11-14,17-18H2,1-2H3,(H,28,31). The molecule has 0 radical (unpaired) electrons. The number of anilines is 1. The lowest BCUT2D eigenvalue weighted by Crippen LogP contribution is -2.42. The predicted molar refractivity (Wildman–Crippen MR) is 131 cm³/mol. The number of amides is 1. The Morgan fingerprint density at radius 1 is 1.12 bits per heavy atom. The molecular weight excluding hydrogens is 414 g/mol. The molecule has 1 aliphatic carbocycles. The van der Waals surface area contributed by atoms with Crippen molar-refractivity contribution in [2.45, 2.75) is 44.8 Å². The Hall–Kier alpha value is -2.83. The average Bonchev–Trinajstić information content (AvgIpc) is 3.58.